The molecule has 0 aliphatic carbocycles. The monoisotopic (exact) mass is 1030 g/mol. The smallest absolute Gasteiger partial charge is 0.325 e. The highest BCUT2D eigenvalue weighted by molar-refractivity contribution is 7.80. The van der Waals surface area contributed by atoms with Crippen LogP contribution < -0.4 is 65.1 Å². The summed E-state index contributed by atoms with van der Waals surface area (Å²) in [6.45, 7) is 14.6. The molecule has 25 heteroatoms. The van der Waals surface area contributed by atoms with Crippen molar-refractivity contribution in [1.29, 1.82) is 0 Å². The zero-order chi connectivity index (χ0) is 54.8. The first-order valence-electron chi connectivity index (χ1n) is 24.0. The number of nitrogens with one attached hydrogen (secondary N) is 9. The van der Waals surface area contributed by atoms with Crippen LogP contribution in [0.3, 0.4) is 0 Å². The van der Waals surface area contributed by atoms with E-state index in [2.05, 4.69) is 65.5 Å². The lowest BCUT2D eigenvalue weighted by Crippen LogP contribution is -2.60. The predicted octanol–water partition coefficient (Wildman–Crippen LogP) is -2.18. The first-order chi connectivity index (χ1) is 33.7. The van der Waals surface area contributed by atoms with Crippen molar-refractivity contribution in [2.75, 3.05) is 18.8 Å². The second kappa shape index (κ2) is 32.5. The second-order valence-corrected chi connectivity index (χ2v) is 19.2. The van der Waals surface area contributed by atoms with Gasteiger partial charge in [-0.1, -0.05) is 71.9 Å². The minimum absolute atomic E-state index is 0.0415. The van der Waals surface area contributed by atoms with E-state index in [1.165, 1.54) is 20.8 Å². The molecule has 9 atom stereocenters. The molecule has 9 amide bonds. The van der Waals surface area contributed by atoms with Crippen LogP contribution in [0.1, 0.15) is 100.0 Å². The van der Waals surface area contributed by atoms with E-state index in [9.17, 15) is 53.1 Å². The van der Waals surface area contributed by atoms with Gasteiger partial charge in [-0.3, -0.25) is 52.9 Å². The summed E-state index contributed by atoms with van der Waals surface area (Å²) in [5.41, 5.74) is 17.0. The Labute approximate surface area is 427 Å². The van der Waals surface area contributed by atoms with Crippen LogP contribution in [0.2, 0.25) is 0 Å². The third-order valence-corrected chi connectivity index (χ3v) is 11.1. The molecule has 1 aromatic carbocycles. The summed E-state index contributed by atoms with van der Waals surface area (Å²) in [4.78, 5) is 136. The minimum Gasteiger partial charge on any atom is -0.480 e. The normalized spacial score (nSPS) is 14.9. The molecular formula is C47H79N13O11S. The van der Waals surface area contributed by atoms with Crippen molar-refractivity contribution in [3.63, 3.8) is 0 Å². The van der Waals surface area contributed by atoms with E-state index in [1.807, 2.05) is 27.7 Å². The van der Waals surface area contributed by atoms with Crippen molar-refractivity contribution >= 4 is 77.7 Å². The maximum atomic E-state index is 14.3. The average Bonchev–Trinajstić information content (AvgIpc) is 3.29. The highest BCUT2D eigenvalue weighted by atomic mass is 32.1. The van der Waals surface area contributed by atoms with Gasteiger partial charge >= 0.3 is 5.97 Å². The van der Waals surface area contributed by atoms with Gasteiger partial charge in [0.1, 0.15) is 54.4 Å². The number of carbonyl (C=O) groups is 10. The zero-order valence-electron chi connectivity index (χ0n) is 42.8. The molecule has 1 rings (SSSR count). The molecule has 0 radical (unpaired) electrons. The number of carbonyl (C=O) groups excluding carboxylic acids is 9. The number of guanidine groups is 1. The lowest BCUT2D eigenvalue weighted by molar-refractivity contribution is -0.142. The topological polar surface area (TPSA) is 390 Å². The first-order valence-corrected chi connectivity index (χ1v) is 24.7. The van der Waals surface area contributed by atoms with E-state index in [0.29, 0.717) is 5.56 Å². The Morgan fingerprint density at radius 1 is 0.514 bits per heavy atom. The number of nitrogens with zero attached hydrogens (tertiary/aromatic N) is 1. The maximum Gasteiger partial charge on any atom is 0.325 e. The largest absolute Gasteiger partial charge is 0.480 e. The summed E-state index contributed by atoms with van der Waals surface area (Å²) < 4.78 is 0. The number of aliphatic imine (C=N–C) groups is 1. The molecule has 0 spiro atoms. The minimum atomic E-state index is -1.33. The van der Waals surface area contributed by atoms with E-state index in [1.54, 1.807) is 44.2 Å². The van der Waals surface area contributed by atoms with Gasteiger partial charge in [-0.15, -0.1) is 0 Å². The molecule has 16 N–H and O–H groups in total. The van der Waals surface area contributed by atoms with Crippen LogP contribution >= 0.6 is 12.6 Å². The SMILES string of the molecule is CC(C)C[C@H](NC(=O)[C@H](C)NC(=O)[C@H](CS)NC(=O)CN)C(=O)N[C@@H](C)C(=O)N[C@@H](CC(C)C)C(=O)N[C@@H](CCCN=C(N)N)C(=O)N[C@@H](Cc1ccccc1)C(=O)N[C@@H](CC(C)C)C(=O)N[C@@H](C)C(=O)O. The number of amides is 9. The lowest BCUT2D eigenvalue weighted by atomic mass is 10.00. The lowest BCUT2D eigenvalue weighted by Gasteiger charge is -2.28. The summed E-state index contributed by atoms with van der Waals surface area (Å²) in [5, 5.41) is 32.6. The van der Waals surface area contributed by atoms with E-state index in [-0.39, 0.29) is 81.1 Å². The molecule has 404 valence electrons. The summed E-state index contributed by atoms with van der Waals surface area (Å²) in [7, 11) is 0. The van der Waals surface area contributed by atoms with Gasteiger partial charge < -0.3 is 70.2 Å². The first kappa shape index (κ1) is 63.5. The third kappa shape index (κ3) is 24.6. The Kier molecular flexibility index (Phi) is 28.6. The van der Waals surface area contributed by atoms with Crippen LogP contribution in [0.5, 0.6) is 0 Å². The summed E-state index contributed by atoms with van der Waals surface area (Å²) in [6.07, 6.45) is 0.444. The van der Waals surface area contributed by atoms with E-state index in [0.717, 1.165) is 0 Å². The number of nitrogens with two attached hydrogens (primary N) is 3. The van der Waals surface area contributed by atoms with Gasteiger partial charge in [-0.05, 0) is 76.2 Å². The van der Waals surface area contributed by atoms with Gasteiger partial charge in [0.2, 0.25) is 53.2 Å². The average molecular weight is 1030 g/mol. The Morgan fingerprint density at radius 3 is 1.31 bits per heavy atom. The molecule has 0 aliphatic heterocycles. The Bertz CT molecular complexity index is 2020. The van der Waals surface area contributed by atoms with Crippen LogP contribution in [0.4, 0.5) is 0 Å². The molecule has 72 heavy (non-hydrogen) atoms. The predicted molar refractivity (Wildman–Crippen MR) is 273 cm³/mol. The molecular weight excluding hydrogens is 955 g/mol. The van der Waals surface area contributed by atoms with Crippen LogP contribution in [-0.4, -0.2) is 143 Å². The Hall–Kier alpha value is -6.50. The quantitative estimate of drug-likeness (QED) is 0.0158. The van der Waals surface area contributed by atoms with Gasteiger partial charge in [0, 0.05) is 18.7 Å². The van der Waals surface area contributed by atoms with E-state index in [4.69, 9.17) is 17.2 Å². The van der Waals surface area contributed by atoms with E-state index < -0.39 is 114 Å². The number of rotatable bonds is 32. The summed E-state index contributed by atoms with van der Waals surface area (Å²) in [6, 6.07) is -2.26. The molecule has 0 aliphatic rings. The summed E-state index contributed by atoms with van der Waals surface area (Å²) >= 11 is 4.08. The number of hydrogen-bond donors (Lipinski definition) is 14. The molecule has 1 aromatic rings. The molecule has 0 heterocycles. The van der Waals surface area contributed by atoms with Crippen molar-refractivity contribution in [1.82, 2.24) is 47.9 Å². The Morgan fingerprint density at radius 2 is 0.889 bits per heavy atom. The number of carboxylic acid groups (broad SMARTS) is 1. The fourth-order valence-electron chi connectivity index (χ4n) is 6.93. The van der Waals surface area contributed by atoms with Gasteiger partial charge in [-0.2, -0.15) is 12.6 Å². The molecule has 0 bridgehead atoms. The summed E-state index contributed by atoms with van der Waals surface area (Å²) in [5.74, 6) is -8.59. The second-order valence-electron chi connectivity index (χ2n) is 18.9. The zero-order valence-corrected chi connectivity index (χ0v) is 43.7. The molecule has 0 fully saturated rings. The van der Waals surface area contributed by atoms with Crippen molar-refractivity contribution < 1.29 is 53.1 Å². The van der Waals surface area contributed by atoms with Crippen molar-refractivity contribution in [2.24, 2.45) is 39.9 Å². The fraction of sp³-hybridized carbons (Fsp3) is 0.638. The number of carboxylic acids is 1. The van der Waals surface area contributed by atoms with Gasteiger partial charge in [0.15, 0.2) is 5.96 Å². The number of thiol groups is 1. The number of benzene rings is 1. The maximum absolute atomic E-state index is 14.3. The van der Waals surface area contributed by atoms with Crippen LogP contribution in [0, 0.1) is 17.8 Å². The van der Waals surface area contributed by atoms with Crippen LogP contribution in [-0.2, 0) is 54.4 Å². The third-order valence-electron chi connectivity index (χ3n) is 10.8. The van der Waals surface area contributed by atoms with Crippen molar-refractivity contribution in [2.45, 2.75) is 155 Å². The van der Waals surface area contributed by atoms with Gasteiger partial charge in [-0.25, -0.2) is 0 Å². The number of aliphatic carboxylic acids is 1. The van der Waals surface area contributed by atoms with Crippen molar-refractivity contribution in [3.05, 3.63) is 35.9 Å². The fourth-order valence-corrected chi connectivity index (χ4v) is 7.19. The Balaban J connectivity index is 3.41. The van der Waals surface area contributed by atoms with Gasteiger partial charge in [0.25, 0.3) is 0 Å². The highest BCUT2D eigenvalue weighted by Crippen LogP contribution is 2.12. The molecule has 24 nitrogen and oxygen atoms in total. The van der Waals surface area contributed by atoms with Gasteiger partial charge in [0.05, 0.1) is 6.54 Å². The highest BCUT2D eigenvalue weighted by Gasteiger charge is 2.34. The number of hydrogen-bond acceptors (Lipinski definition) is 13. The molecule has 0 saturated heterocycles. The molecule has 0 saturated carbocycles. The standard InChI is InChI=1S/C47H79N13O11S/c1-24(2)18-32(57-39(63)28(8)53-45(69)36(23-72)55-37(61)22-48)41(65)52-27(7)38(62)58-34(20-26(5)6)43(67)56-31(16-13-17-51-47(49)50)40(64)60-35(21-30-14-11-10-12-15-30)44(68)59-33(19-25(3)4)42(66)54-29(9)46(70)71/h10-12,14-15,24-29,31-36,72H,13,16-23,48H2,1-9H3,(H,52,65)(H,53,69)(H,54,66)(H,55,61)(H,56,67)(H,57,63)(H,58,62)(H,59,68)(H,60,64)(H,70,71)(H4,49,50,51)/t27-,28-,29-,31-,32-,33-,34-,35-,36-/m0/s1. The van der Waals surface area contributed by atoms with Crippen LogP contribution in [0.25, 0.3) is 0 Å². The molecule has 0 unspecified atom stereocenters. The molecule has 0 aromatic heterocycles. The van der Waals surface area contributed by atoms with Crippen molar-refractivity contribution in [3.8, 4) is 0 Å². The van der Waals surface area contributed by atoms with E-state index >= 15 is 0 Å². The van der Waals surface area contributed by atoms with Crippen LogP contribution in [0.15, 0.2) is 35.3 Å².